The van der Waals surface area contributed by atoms with E-state index in [0.717, 1.165) is 0 Å². The van der Waals surface area contributed by atoms with Crippen molar-refractivity contribution < 1.29 is 9.32 Å². The Morgan fingerprint density at radius 3 is 2.80 bits per heavy atom. The predicted octanol–water partition coefficient (Wildman–Crippen LogP) is 1.08. The summed E-state index contributed by atoms with van der Waals surface area (Å²) < 4.78 is 4.81. The van der Waals surface area contributed by atoms with E-state index in [0.29, 0.717) is 37.0 Å². The second-order valence-corrected chi connectivity index (χ2v) is 3.93. The second-order valence-electron chi connectivity index (χ2n) is 3.93. The molecule has 0 aliphatic rings. The molecule has 1 heterocycles. The maximum absolute atomic E-state index is 11.3. The highest BCUT2D eigenvalue weighted by atomic mass is 16.5. The molecule has 0 saturated carbocycles. The average Bonchev–Trinajstić information content (AvgIpc) is 2.50. The first kappa shape index (κ1) is 11.7. The maximum atomic E-state index is 11.3. The van der Waals surface area contributed by atoms with E-state index in [1.54, 1.807) is 6.92 Å². The Hall–Kier alpha value is -1.39. The van der Waals surface area contributed by atoms with E-state index < -0.39 is 0 Å². The van der Waals surface area contributed by atoms with Crippen LogP contribution in [0.1, 0.15) is 32.0 Å². The molecule has 1 rings (SSSR count). The van der Waals surface area contributed by atoms with Gasteiger partial charge in [-0.05, 0) is 5.92 Å². The highest BCUT2D eigenvalue weighted by Crippen LogP contribution is 1.98. The Morgan fingerprint density at radius 1 is 1.53 bits per heavy atom. The van der Waals surface area contributed by atoms with E-state index in [1.165, 1.54) is 0 Å². The third-order valence-electron chi connectivity index (χ3n) is 1.83. The van der Waals surface area contributed by atoms with Crippen LogP contribution in [0.15, 0.2) is 4.52 Å². The van der Waals surface area contributed by atoms with Gasteiger partial charge in [-0.2, -0.15) is 4.98 Å². The lowest BCUT2D eigenvalue weighted by Crippen LogP contribution is -2.26. The predicted molar refractivity (Wildman–Crippen MR) is 55.2 cm³/mol. The molecule has 84 valence electrons. The summed E-state index contributed by atoms with van der Waals surface area (Å²) in [5.74, 6) is 1.65. The van der Waals surface area contributed by atoms with E-state index in [2.05, 4.69) is 15.5 Å². The van der Waals surface area contributed by atoms with Gasteiger partial charge in [-0.25, -0.2) is 0 Å². The molecule has 0 saturated heterocycles. The molecule has 0 aliphatic heterocycles. The fraction of sp³-hybridized carbons (Fsp3) is 0.700. The van der Waals surface area contributed by atoms with Crippen molar-refractivity contribution in [3.05, 3.63) is 11.7 Å². The van der Waals surface area contributed by atoms with Crippen molar-refractivity contribution in [2.24, 2.45) is 5.92 Å². The number of hydrogen-bond acceptors (Lipinski definition) is 4. The lowest BCUT2D eigenvalue weighted by Gasteiger charge is -2.05. The van der Waals surface area contributed by atoms with Crippen molar-refractivity contribution in [2.45, 2.75) is 33.6 Å². The van der Waals surface area contributed by atoms with Gasteiger partial charge >= 0.3 is 0 Å². The van der Waals surface area contributed by atoms with Crippen LogP contribution >= 0.6 is 0 Å². The first-order valence-electron chi connectivity index (χ1n) is 5.14. The summed E-state index contributed by atoms with van der Waals surface area (Å²) in [7, 11) is 0. The molecule has 1 aromatic heterocycles. The summed E-state index contributed by atoms with van der Waals surface area (Å²) in [6, 6.07) is 0. The highest BCUT2D eigenvalue weighted by Gasteiger charge is 2.05. The van der Waals surface area contributed by atoms with Gasteiger partial charge in [0.1, 0.15) is 0 Å². The first-order chi connectivity index (χ1) is 7.08. The summed E-state index contributed by atoms with van der Waals surface area (Å²) in [6.07, 6.45) is 1.17. The molecule has 0 radical (unpaired) electrons. The van der Waals surface area contributed by atoms with Crippen molar-refractivity contribution in [1.82, 2.24) is 15.5 Å². The molecular weight excluding hydrogens is 194 g/mol. The monoisotopic (exact) mass is 211 g/mol. The Kier molecular flexibility index (Phi) is 4.27. The van der Waals surface area contributed by atoms with Gasteiger partial charge < -0.3 is 9.84 Å². The van der Waals surface area contributed by atoms with Crippen molar-refractivity contribution in [2.75, 3.05) is 6.54 Å². The summed E-state index contributed by atoms with van der Waals surface area (Å²) in [4.78, 5) is 15.3. The lowest BCUT2D eigenvalue weighted by molar-refractivity contribution is -0.121. The van der Waals surface area contributed by atoms with Crippen LogP contribution in [0, 0.1) is 12.8 Å². The lowest BCUT2D eigenvalue weighted by atomic mass is 10.1. The van der Waals surface area contributed by atoms with Crippen LogP contribution in [-0.4, -0.2) is 22.6 Å². The number of amides is 1. The molecule has 0 aromatic carbocycles. The Labute approximate surface area is 89.2 Å². The van der Waals surface area contributed by atoms with Crippen LogP contribution in [0.5, 0.6) is 0 Å². The van der Waals surface area contributed by atoms with Gasteiger partial charge in [-0.1, -0.05) is 19.0 Å². The zero-order valence-electron chi connectivity index (χ0n) is 9.41. The number of aryl methyl sites for hydroxylation is 1. The standard InChI is InChI=1S/C10H17N3O2/c1-7(2)6-10(14)11-5-4-9-12-8(3)15-13-9/h7H,4-6H2,1-3H3,(H,11,14). The Balaban J connectivity index is 2.19. The molecule has 0 atom stereocenters. The molecule has 15 heavy (non-hydrogen) atoms. The molecule has 5 heteroatoms. The third kappa shape index (κ3) is 4.58. The van der Waals surface area contributed by atoms with Gasteiger partial charge in [0.15, 0.2) is 5.82 Å². The zero-order valence-corrected chi connectivity index (χ0v) is 9.41. The highest BCUT2D eigenvalue weighted by molar-refractivity contribution is 5.75. The van der Waals surface area contributed by atoms with Crippen LogP contribution in [-0.2, 0) is 11.2 Å². The largest absolute Gasteiger partial charge is 0.356 e. The van der Waals surface area contributed by atoms with Crippen LogP contribution in [0.2, 0.25) is 0 Å². The molecule has 0 aliphatic carbocycles. The number of carbonyl (C=O) groups is 1. The van der Waals surface area contributed by atoms with E-state index in [-0.39, 0.29) is 5.91 Å². The molecule has 0 spiro atoms. The minimum atomic E-state index is 0.0743. The van der Waals surface area contributed by atoms with Crippen LogP contribution in [0.25, 0.3) is 0 Å². The molecule has 1 aromatic rings. The third-order valence-corrected chi connectivity index (χ3v) is 1.83. The minimum Gasteiger partial charge on any atom is -0.356 e. The normalized spacial score (nSPS) is 10.7. The quantitative estimate of drug-likeness (QED) is 0.791. The number of nitrogens with zero attached hydrogens (tertiary/aromatic N) is 2. The maximum Gasteiger partial charge on any atom is 0.223 e. The molecule has 0 bridgehead atoms. The van der Waals surface area contributed by atoms with Crippen molar-refractivity contribution in [3.8, 4) is 0 Å². The van der Waals surface area contributed by atoms with E-state index in [9.17, 15) is 4.79 Å². The van der Waals surface area contributed by atoms with Gasteiger partial charge in [0.05, 0.1) is 0 Å². The number of hydrogen-bond donors (Lipinski definition) is 1. The fourth-order valence-electron chi connectivity index (χ4n) is 1.20. The molecule has 0 fully saturated rings. The number of rotatable bonds is 5. The summed E-state index contributed by atoms with van der Waals surface area (Å²) in [6.45, 7) is 6.34. The summed E-state index contributed by atoms with van der Waals surface area (Å²) in [5.41, 5.74) is 0. The minimum absolute atomic E-state index is 0.0743. The van der Waals surface area contributed by atoms with Crippen LogP contribution in [0.3, 0.4) is 0 Å². The first-order valence-corrected chi connectivity index (χ1v) is 5.14. The van der Waals surface area contributed by atoms with Crippen LogP contribution in [0.4, 0.5) is 0 Å². The smallest absolute Gasteiger partial charge is 0.223 e. The van der Waals surface area contributed by atoms with Gasteiger partial charge in [0, 0.05) is 26.3 Å². The van der Waals surface area contributed by atoms with Gasteiger partial charge in [-0.15, -0.1) is 0 Å². The molecule has 0 unspecified atom stereocenters. The van der Waals surface area contributed by atoms with E-state index in [4.69, 9.17) is 4.52 Å². The van der Waals surface area contributed by atoms with E-state index >= 15 is 0 Å². The van der Waals surface area contributed by atoms with Crippen molar-refractivity contribution in [1.29, 1.82) is 0 Å². The van der Waals surface area contributed by atoms with Crippen molar-refractivity contribution in [3.63, 3.8) is 0 Å². The number of carbonyl (C=O) groups excluding carboxylic acids is 1. The van der Waals surface area contributed by atoms with Crippen molar-refractivity contribution >= 4 is 5.91 Å². The molecule has 5 nitrogen and oxygen atoms in total. The summed E-state index contributed by atoms with van der Waals surface area (Å²) >= 11 is 0. The summed E-state index contributed by atoms with van der Waals surface area (Å²) in [5, 5.41) is 6.55. The zero-order chi connectivity index (χ0) is 11.3. The molecule has 1 amide bonds. The molecule has 1 N–H and O–H groups in total. The fourth-order valence-corrected chi connectivity index (χ4v) is 1.20. The SMILES string of the molecule is Cc1nc(CCNC(=O)CC(C)C)no1. The van der Waals surface area contributed by atoms with E-state index in [1.807, 2.05) is 13.8 Å². The van der Waals surface area contributed by atoms with Gasteiger partial charge in [-0.3, -0.25) is 4.79 Å². The topological polar surface area (TPSA) is 68.0 Å². The molecular formula is C10H17N3O2. The van der Waals surface area contributed by atoms with Gasteiger partial charge in [0.25, 0.3) is 0 Å². The number of aromatic nitrogens is 2. The Bertz CT molecular complexity index is 320. The Morgan fingerprint density at radius 2 is 2.27 bits per heavy atom. The average molecular weight is 211 g/mol. The van der Waals surface area contributed by atoms with Crippen LogP contribution < -0.4 is 5.32 Å². The number of nitrogens with one attached hydrogen (secondary N) is 1. The second kappa shape index (κ2) is 5.48. The van der Waals surface area contributed by atoms with Gasteiger partial charge in [0.2, 0.25) is 11.8 Å².